The molecule has 0 unspecified atom stereocenters. The first-order valence-electron chi connectivity index (χ1n) is 8.33. The maximum absolute atomic E-state index is 4.73. The van der Waals surface area contributed by atoms with Gasteiger partial charge in [0, 0.05) is 25.7 Å². The van der Waals surface area contributed by atoms with Gasteiger partial charge in [-0.1, -0.05) is 47.6 Å². The van der Waals surface area contributed by atoms with Crippen molar-refractivity contribution < 1.29 is 20.1 Å². The molecule has 0 spiro atoms. The van der Waals surface area contributed by atoms with Gasteiger partial charge in [0.25, 0.3) is 0 Å². The first-order chi connectivity index (χ1) is 12.3. The first-order valence-corrected chi connectivity index (χ1v) is 9.17. The molecule has 2 aliphatic heterocycles. The number of fused-ring (bicyclic) bond motifs is 6. The van der Waals surface area contributed by atoms with Crippen molar-refractivity contribution in [1.82, 2.24) is 0 Å². The maximum atomic E-state index is 4.73. The summed E-state index contributed by atoms with van der Waals surface area (Å²) in [5.41, 5.74) is 9.89. The van der Waals surface area contributed by atoms with Crippen LogP contribution >= 0.6 is 11.9 Å². The second-order valence-electron chi connectivity index (χ2n) is 6.42. The van der Waals surface area contributed by atoms with Crippen LogP contribution in [0, 0.1) is 25.8 Å². The van der Waals surface area contributed by atoms with E-state index in [1.54, 1.807) is 0 Å². The second kappa shape index (κ2) is 6.70. The number of amidine groups is 1. The van der Waals surface area contributed by atoms with Gasteiger partial charge < -0.3 is 4.90 Å². The molecule has 0 atom stereocenters. The Kier molecular flexibility index (Phi) is 4.52. The molecule has 0 N–H and O–H groups in total. The molecule has 0 saturated carbocycles. The van der Waals surface area contributed by atoms with E-state index in [-0.39, 0.29) is 20.1 Å². The normalized spacial score (nSPS) is 14.1. The van der Waals surface area contributed by atoms with Crippen LogP contribution in [0.3, 0.4) is 0 Å². The van der Waals surface area contributed by atoms with Crippen LogP contribution in [0.4, 0.5) is 5.69 Å². The van der Waals surface area contributed by atoms with Gasteiger partial charge in [-0.05, 0) is 36.1 Å². The summed E-state index contributed by atoms with van der Waals surface area (Å²) in [5.74, 6) is 3.07. The minimum absolute atomic E-state index is 0. The Balaban J connectivity index is 0.00000168. The number of hydrogen-bond donors (Lipinski definition) is 0. The van der Waals surface area contributed by atoms with Gasteiger partial charge >= 0.3 is 0 Å². The topological polar surface area (TPSA) is 15.6 Å². The van der Waals surface area contributed by atoms with Crippen molar-refractivity contribution >= 4 is 23.5 Å². The maximum Gasteiger partial charge on any atom is 0.115 e. The van der Waals surface area contributed by atoms with Crippen molar-refractivity contribution in [1.29, 1.82) is 0 Å². The van der Waals surface area contributed by atoms with Crippen molar-refractivity contribution in [3.63, 3.8) is 0 Å². The number of nitrogens with zero attached hydrogens (tertiary/aromatic N) is 2. The van der Waals surface area contributed by atoms with E-state index in [1.165, 1.54) is 50.9 Å². The fraction of sp³-hybridized carbons (Fsp3) is 0.0909. The van der Waals surface area contributed by atoms with Crippen LogP contribution in [0.2, 0.25) is 0 Å². The van der Waals surface area contributed by atoms with Gasteiger partial charge in [0.2, 0.25) is 0 Å². The standard InChI is InChI=1S/C22H16N2S.Ir/c1-14-7-5-8-15(2)20(14)18-11-6-10-17-16-9-3-4-12-19(16)24-13-25-23-22(24)21(17)18;/h3-11,13H,1-2H3;/q-2;. The SMILES string of the molecule is Cc1cccc(C)c1-c1cccc2c1C1=NS[CH-]N1c1[c-]cccc1-2.[Ir]. The van der Waals surface area contributed by atoms with E-state index in [9.17, 15) is 0 Å². The number of anilines is 1. The second-order valence-corrected chi connectivity index (χ2v) is 7.03. The van der Waals surface area contributed by atoms with E-state index in [4.69, 9.17) is 4.40 Å². The minimum atomic E-state index is 0. The van der Waals surface area contributed by atoms with Crippen molar-refractivity contribution in [3.05, 3.63) is 83.2 Å². The Bertz CT molecular complexity index is 1020. The molecular formula is C22H16IrN2S-2. The van der Waals surface area contributed by atoms with E-state index >= 15 is 0 Å². The third-order valence-corrected chi connectivity index (χ3v) is 5.51. The van der Waals surface area contributed by atoms with E-state index < -0.39 is 0 Å². The number of para-hydroxylation sites is 1. The van der Waals surface area contributed by atoms with Crippen molar-refractivity contribution in [2.24, 2.45) is 4.40 Å². The minimum Gasteiger partial charge on any atom is -0.486 e. The van der Waals surface area contributed by atoms with Crippen molar-refractivity contribution in [2.45, 2.75) is 13.8 Å². The Morgan fingerprint density at radius 2 is 1.58 bits per heavy atom. The molecular weight excluding hydrogens is 517 g/mol. The third-order valence-electron chi connectivity index (χ3n) is 4.92. The predicted molar refractivity (Wildman–Crippen MR) is 107 cm³/mol. The summed E-state index contributed by atoms with van der Waals surface area (Å²) in [5, 5.41) is 0. The fourth-order valence-corrected chi connectivity index (χ4v) is 4.48. The Morgan fingerprint density at radius 1 is 0.885 bits per heavy atom. The molecule has 2 heterocycles. The van der Waals surface area contributed by atoms with Crippen LogP contribution in [0.1, 0.15) is 16.7 Å². The largest absolute Gasteiger partial charge is 0.486 e. The average Bonchev–Trinajstić information content (AvgIpc) is 3.12. The zero-order valence-electron chi connectivity index (χ0n) is 14.4. The van der Waals surface area contributed by atoms with Crippen LogP contribution < -0.4 is 4.90 Å². The molecule has 0 amide bonds. The molecule has 0 aromatic heterocycles. The quantitative estimate of drug-likeness (QED) is 0.292. The van der Waals surface area contributed by atoms with Gasteiger partial charge in [0.1, 0.15) is 5.84 Å². The zero-order valence-corrected chi connectivity index (χ0v) is 17.6. The number of hydrogen-bond acceptors (Lipinski definition) is 3. The molecule has 3 aromatic rings. The molecule has 0 aliphatic carbocycles. The van der Waals surface area contributed by atoms with Crippen molar-refractivity contribution in [2.75, 3.05) is 4.90 Å². The van der Waals surface area contributed by atoms with Crippen LogP contribution in [0.25, 0.3) is 22.3 Å². The summed E-state index contributed by atoms with van der Waals surface area (Å²) < 4.78 is 4.73. The molecule has 2 nitrogen and oxygen atoms in total. The van der Waals surface area contributed by atoms with Crippen LogP contribution in [-0.4, -0.2) is 5.84 Å². The molecule has 2 aliphatic rings. The van der Waals surface area contributed by atoms with Gasteiger partial charge in [0.15, 0.2) is 0 Å². The monoisotopic (exact) mass is 533 g/mol. The summed E-state index contributed by atoms with van der Waals surface area (Å²) in [6.45, 7) is 4.36. The summed E-state index contributed by atoms with van der Waals surface area (Å²) in [6.07, 6.45) is 0. The molecule has 26 heavy (non-hydrogen) atoms. The summed E-state index contributed by atoms with van der Waals surface area (Å²) >= 11 is 1.49. The van der Waals surface area contributed by atoms with E-state index in [0.717, 1.165) is 11.5 Å². The summed E-state index contributed by atoms with van der Waals surface area (Å²) in [4.78, 5) is 2.17. The fourth-order valence-electron chi connectivity index (χ4n) is 3.85. The van der Waals surface area contributed by atoms with E-state index in [1.807, 2.05) is 6.07 Å². The predicted octanol–water partition coefficient (Wildman–Crippen LogP) is 5.78. The molecule has 0 fully saturated rings. The number of rotatable bonds is 1. The third kappa shape index (κ3) is 2.48. The van der Waals surface area contributed by atoms with Gasteiger partial charge in [-0.2, -0.15) is 42.1 Å². The first kappa shape index (κ1) is 17.5. The van der Waals surface area contributed by atoms with Crippen LogP contribution in [-0.2, 0) is 20.1 Å². The molecule has 131 valence electrons. The Morgan fingerprint density at radius 3 is 2.38 bits per heavy atom. The van der Waals surface area contributed by atoms with Gasteiger partial charge in [0.05, 0.1) is 0 Å². The smallest absolute Gasteiger partial charge is 0.115 e. The van der Waals surface area contributed by atoms with E-state index in [0.29, 0.717) is 0 Å². The molecule has 0 bridgehead atoms. The Labute approximate surface area is 171 Å². The van der Waals surface area contributed by atoms with Crippen LogP contribution in [0.5, 0.6) is 0 Å². The molecule has 3 aromatic carbocycles. The van der Waals surface area contributed by atoms with Crippen molar-refractivity contribution in [3.8, 4) is 22.3 Å². The molecule has 0 saturated heterocycles. The van der Waals surface area contributed by atoms with Gasteiger partial charge in [-0.15, -0.1) is 5.56 Å². The summed E-state index contributed by atoms with van der Waals surface area (Å²) in [6, 6.07) is 22.6. The number of benzene rings is 3. The van der Waals surface area contributed by atoms with Crippen LogP contribution in [0.15, 0.2) is 59.0 Å². The average molecular weight is 533 g/mol. The zero-order chi connectivity index (χ0) is 17.0. The van der Waals surface area contributed by atoms with Gasteiger partial charge in [-0.25, -0.2) is 4.40 Å². The van der Waals surface area contributed by atoms with E-state index in [2.05, 4.69) is 79.2 Å². The Hall–Kier alpha value is -1.87. The molecule has 4 heteroatoms. The summed E-state index contributed by atoms with van der Waals surface area (Å²) in [7, 11) is 0. The molecule has 1 radical (unpaired) electrons. The molecule has 5 rings (SSSR count). The number of aryl methyl sites for hydroxylation is 2. The van der Waals surface area contributed by atoms with Gasteiger partial charge in [-0.3, -0.25) is 0 Å².